The van der Waals surface area contributed by atoms with Gasteiger partial charge in [-0.25, -0.2) is 4.79 Å². The third-order valence-corrected chi connectivity index (χ3v) is 4.20. The van der Waals surface area contributed by atoms with Crippen molar-refractivity contribution in [3.05, 3.63) is 75.1 Å². The van der Waals surface area contributed by atoms with Crippen LogP contribution in [0.1, 0.15) is 11.1 Å². The highest BCUT2D eigenvalue weighted by molar-refractivity contribution is 6.30. The first kappa shape index (κ1) is 18.5. The van der Waals surface area contributed by atoms with Crippen molar-refractivity contribution < 1.29 is 14.3 Å². The maximum atomic E-state index is 11.5. The van der Waals surface area contributed by atoms with E-state index in [-0.39, 0.29) is 6.61 Å². The Labute approximate surface area is 156 Å². The number of fused-ring (bicyclic) bond motifs is 1. The molecule has 0 spiro atoms. The van der Waals surface area contributed by atoms with E-state index >= 15 is 0 Å². The summed E-state index contributed by atoms with van der Waals surface area (Å²) in [6.45, 7) is 2.98. The highest BCUT2D eigenvalue weighted by Gasteiger charge is 2.08. The van der Waals surface area contributed by atoms with Gasteiger partial charge in [0.15, 0.2) is 0 Å². The first-order valence-electron chi connectivity index (χ1n) is 8.32. The number of hydrogen-bond donors (Lipinski definition) is 2. The zero-order valence-corrected chi connectivity index (χ0v) is 15.1. The van der Waals surface area contributed by atoms with Gasteiger partial charge in [0.25, 0.3) is 0 Å². The lowest BCUT2D eigenvalue weighted by molar-refractivity contribution is 0.106. The summed E-state index contributed by atoms with van der Waals surface area (Å²) < 4.78 is 10.8. The largest absolute Gasteiger partial charge is 0.491 e. The molecule has 0 aliphatic heterocycles. The van der Waals surface area contributed by atoms with Gasteiger partial charge < -0.3 is 19.6 Å². The molecule has 1 atom stereocenters. The number of aryl methyl sites for hydroxylation is 1. The second-order valence-corrected chi connectivity index (χ2v) is 6.57. The average Bonchev–Trinajstić information content (AvgIpc) is 2.59. The third-order valence-electron chi connectivity index (χ3n) is 3.96. The fourth-order valence-electron chi connectivity index (χ4n) is 2.68. The zero-order chi connectivity index (χ0) is 18.5. The Morgan fingerprint density at radius 1 is 1.23 bits per heavy atom. The molecular formula is C20H20ClNO4. The van der Waals surface area contributed by atoms with Crippen molar-refractivity contribution in [2.75, 3.05) is 13.2 Å². The van der Waals surface area contributed by atoms with Crippen LogP contribution in [-0.2, 0) is 6.54 Å². The zero-order valence-electron chi connectivity index (χ0n) is 14.4. The van der Waals surface area contributed by atoms with E-state index in [0.717, 1.165) is 16.5 Å². The number of ether oxygens (including phenoxy) is 1. The lowest BCUT2D eigenvalue weighted by atomic mass is 10.1. The number of nitrogens with one attached hydrogen (secondary N) is 1. The molecule has 0 amide bonds. The summed E-state index contributed by atoms with van der Waals surface area (Å²) >= 11 is 5.94. The molecule has 0 saturated carbocycles. The van der Waals surface area contributed by atoms with Crippen LogP contribution in [-0.4, -0.2) is 24.4 Å². The lowest BCUT2D eigenvalue weighted by Gasteiger charge is -2.14. The smallest absolute Gasteiger partial charge is 0.336 e. The van der Waals surface area contributed by atoms with Crippen molar-refractivity contribution in [3.8, 4) is 5.75 Å². The van der Waals surface area contributed by atoms with E-state index in [0.29, 0.717) is 29.4 Å². The van der Waals surface area contributed by atoms with Gasteiger partial charge in [-0.05, 0) is 42.3 Å². The van der Waals surface area contributed by atoms with E-state index in [2.05, 4.69) is 5.32 Å². The summed E-state index contributed by atoms with van der Waals surface area (Å²) in [4.78, 5) is 11.5. The molecule has 0 unspecified atom stereocenters. The molecule has 2 N–H and O–H groups in total. The van der Waals surface area contributed by atoms with E-state index in [9.17, 15) is 9.90 Å². The standard InChI is InChI=1S/C20H20ClNO4/c1-13-7-20(24)26-19-9-17(5-6-18(13)19)25-12-16(23)11-22-10-14-3-2-4-15(21)8-14/h2-9,16,22-23H,10-12H2,1H3/t16-/m0/s1. The molecule has 3 aromatic rings. The summed E-state index contributed by atoms with van der Waals surface area (Å²) in [5.41, 5.74) is 1.98. The minimum atomic E-state index is -0.672. The Morgan fingerprint density at radius 3 is 2.88 bits per heavy atom. The van der Waals surface area contributed by atoms with Crippen molar-refractivity contribution in [1.82, 2.24) is 5.32 Å². The summed E-state index contributed by atoms with van der Waals surface area (Å²) in [5.74, 6) is 0.542. The lowest BCUT2D eigenvalue weighted by Crippen LogP contribution is -2.31. The average molecular weight is 374 g/mol. The Hall–Kier alpha value is -2.34. The molecule has 5 nitrogen and oxygen atoms in total. The van der Waals surface area contributed by atoms with Crippen LogP contribution in [0.15, 0.2) is 57.7 Å². The number of aliphatic hydroxyl groups excluding tert-OH is 1. The van der Waals surface area contributed by atoms with Crippen LogP contribution in [0.2, 0.25) is 5.02 Å². The Balaban J connectivity index is 1.52. The van der Waals surface area contributed by atoms with Gasteiger partial charge in [-0.1, -0.05) is 23.7 Å². The van der Waals surface area contributed by atoms with Crippen molar-refractivity contribution in [1.29, 1.82) is 0 Å². The van der Waals surface area contributed by atoms with E-state index in [1.165, 1.54) is 6.07 Å². The fourth-order valence-corrected chi connectivity index (χ4v) is 2.89. The molecule has 6 heteroatoms. The minimum Gasteiger partial charge on any atom is -0.491 e. The normalized spacial score (nSPS) is 12.3. The van der Waals surface area contributed by atoms with E-state index < -0.39 is 11.7 Å². The second kappa shape index (κ2) is 8.36. The Bertz CT molecular complexity index is 954. The second-order valence-electron chi connectivity index (χ2n) is 6.13. The molecule has 3 rings (SSSR count). The molecule has 0 bridgehead atoms. The number of rotatable bonds is 7. The van der Waals surface area contributed by atoms with Crippen LogP contribution in [0.3, 0.4) is 0 Å². The van der Waals surface area contributed by atoms with Crippen molar-refractivity contribution in [3.63, 3.8) is 0 Å². The molecule has 0 saturated heterocycles. The van der Waals surface area contributed by atoms with Gasteiger partial charge >= 0.3 is 5.63 Å². The highest BCUT2D eigenvalue weighted by atomic mass is 35.5. The molecule has 136 valence electrons. The van der Waals surface area contributed by atoms with Crippen molar-refractivity contribution in [2.24, 2.45) is 0 Å². The molecular weight excluding hydrogens is 354 g/mol. The van der Waals surface area contributed by atoms with Crippen LogP contribution < -0.4 is 15.7 Å². The van der Waals surface area contributed by atoms with Crippen LogP contribution in [0, 0.1) is 6.92 Å². The Kier molecular flexibility index (Phi) is 5.93. The maximum Gasteiger partial charge on any atom is 0.336 e. The monoisotopic (exact) mass is 373 g/mol. The van der Waals surface area contributed by atoms with E-state index in [1.807, 2.05) is 37.3 Å². The van der Waals surface area contributed by atoms with Gasteiger partial charge in [-0.15, -0.1) is 0 Å². The molecule has 1 aromatic heterocycles. The van der Waals surface area contributed by atoms with E-state index in [1.54, 1.807) is 12.1 Å². The molecule has 0 fully saturated rings. The molecule has 2 aromatic carbocycles. The number of halogens is 1. The van der Waals surface area contributed by atoms with Gasteiger partial charge in [0.05, 0.1) is 0 Å². The van der Waals surface area contributed by atoms with Gasteiger partial charge in [0, 0.05) is 35.6 Å². The van der Waals surface area contributed by atoms with Crippen molar-refractivity contribution in [2.45, 2.75) is 19.6 Å². The molecule has 0 aliphatic carbocycles. The molecule has 0 aliphatic rings. The van der Waals surface area contributed by atoms with Gasteiger partial charge in [0.1, 0.15) is 24.0 Å². The number of aliphatic hydroxyl groups is 1. The predicted molar refractivity (Wildman–Crippen MR) is 102 cm³/mol. The third kappa shape index (κ3) is 4.85. The van der Waals surface area contributed by atoms with Crippen LogP contribution in [0.5, 0.6) is 5.75 Å². The summed E-state index contributed by atoms with van der Waals surface area (Å²) in [5, 5.41) is 14.8. The summed E-state index contributed by atoms with van der Waals surface area (Å²) in [6, 6.07) is 14.3. The van der Waals surface area contributed by atoms with Gasteiger partial charge in [-0.2, -0.15) is 0 Å². The van der Waals surface area contributed by atoms with E-state index in [4.69, 9.17) is 20.8 Å². The molecule has 1 heterocycles. The molecule has 0 radical (unpaired) electrons. The first-order chi connectivity index (χ1) is 12.5. The van der Waals surface area contributed by atoms with Crippen molar-refractivity contribution >= 4 is 22.6 Å². The number of hydrogen-bond acceptors (Lipinski definition) is 5. The van der Waals surface area contributed by atoms with Gasteiger partial charge in [0.2, 0.25) is 0 Å². The quantitative estimate of drug-likeness (QED) is 0.622. The van der Waals surface area contributed by atoms with Gasteiger partial charge in [-0.3, -0.25) is 0 Å². The topological polar surface area (TPSA) is 71.7 Å². The number of benzene rings is 2. The maximum absolute atomic E-state index is 11.5. The van der Waals surface area contributed by atoms with Crippen LogP contribution >= 0.6 is 11.6 Å². The Morgan fingerprint density at radius 2 is 2.08 bits per heavy atom. The molecule has 26 heavy (non-hydrogen) atoms. The van der Waals surface area contributed by atoms with Crippen LogP contribution in [0.4, 0.5) is 0 Å². The highest BCUT2D eigenvalue weighted by Crippen LogP contribution is 2.22. The summed E-state index contributed by atoms with van der Waals surface area (Å²) in [7, 11) is 0. The van der Waals surface area contributed by atoms with Crippen LogP contribution in [0.25, 0.3) is 11.0 Å². The predicted octanol–water partition coefficient (Wildman–Crippen LogP) is 3.28. The minimum absolute atomic E-state index is 0.129. The first-order valence-corrected chi connectivity index (χ1v) is 8.69. The summed E-state index contributed by atoms with van der Waals surface area (Å²) in [6.07, 6.45) is -0.672. The SMILES string of the molecule is Cc1cc(=O)oc2cc(OC[C@@H](O)CNCc3cccc(Cl)c3)ccc12. The fraction of sp³-hybridized carbons (Fsp3) is 0.250.